The summed E-state index contributed by atoms with van der Waals surface area (Å²) in [7, 11) is 0. The van der Waals surface area contributed by atoms with Gasteiger partial charge in [0, 0.05) is 6.42 Å². The number of benzene rings is 1. The van der Waals surface area contributed by atoms with Crippen molar-refractivity contribution in [3.05, 3.63) is 23.8 Å². The summed E-state index contributed by atoms with van der Waals surface area (Å²) < 4.78 is 0. The van der Waals surface area contributed by atoms with Gasteiger partial charge in [-0.25, -0.2) is 9.59 Å². The van der Waals surface area contributed by atoms with Crippen LogP contribution in [0, 0.1) is 6.92 Å². The Balaban J connectivity index is 0.000000494. The summed E-state index contributed by atoms with van der Waals surface area (Å²) in [6.07, 6.45) is 3.06. The number of carbonyl (C=O) groups excluding carboxylic acids is 2. The van der Waals surface area contributed by atoms with Crippen LogP contribution in [-0.2, 0) is 14.4 Å². The smallest absolute Gasteiger partial charge is 0.303 e. The highest BCUT2D eigenvalue weighted by Crippen LogP contribution is 2.23. The van der Waals surface area contributed by atoms with E-state index in [1.165, 1.54) is 18.2 Å². The third kappa shape index (κ3) is 6.12. The highest BCUT2D eigenvalue weighted by molar-refractivity contribution is 5.66. The first-order chi connectivity index (χ1) is 8.54. The van der Waals surface area contributed by atoms with Gasteiger partial charge in [-0.15, -0.1) is 0 Å². The van der Waals surface area contributed by atoms with Gasteiger partial charge in [-0.3, -0.25) is 4.79 Å². The highest BCUT2D eigenvalue weighted by Gasteiger charge is 1.97. The fourth-order valence-electron chi connectivity index (χ4n) is 0.890. The second-order valence-electron chi connectivity index (χ2n) is 3.12. The topological polar surface area (TPSA) is 96.2 Å². The number of aryl methyl sites for hydroxylation is 1. The number of hydrogen-bond acceptors (Lipinski definition) is 5. The van der Waals surface area contributed by atoms with Crippen LogP contribution in [0.5, 0.6) is 0 Å². The molecule has 0 radical (unpaired) electrons. The van der Waals surface area contributed by atoms with Gasteiger partial charge in [0.2, 0.25) is 12.2 Å². The Morgan fingerprint density at radius 1 is 1.28 bits per heavy atom. The van der Waals surface area contributed by atoms with Crippen LogP contribution < -0.4 is 0 Å². The van der Waals surface area contributed by atoms with Crippen molar-refractivity contribution in [1.29, 1.82) is 0 Å². The van der Waals surface area contributed by atoms with Crippen molar-refractivity contribution < 1.29 is 19.5 Å². The lowest BCUT2D eigenvalue weighted by Crippen LogP contribution is -1.86. The monoisotopic (exact) mass is 248 g/mol. The first-order valence-electron chi connectivity index (χ1n) is 5.03. The van der Waals surface area contributed by atoms with Crippen LogP contribution in [0.15, 0.2) is 28.2 Å². The molecule has 0 spiro atoms. The predicted octanol–water partition coefficient (Wildman–Crippen LogP) is 2.41. The van der Waals surface area contributed by atoms with Crippen molar-refractivity contribution >= 4 is 29.5 Å². The molecule has 6 heteroatoms. The summed E-state index contributed by atoms with van der Waals surface area (Å²) in [5.74, 6) is -0.745. The first-order valence-corrected chi connectivity index (χ1v) is 5.03. The van der Waals surface area contributed by atoms with E-state index in [1.54, 1.807) is 26.0 Å². The van der Waals surface area contributed by atoms with Gasteiger partial charge in [0.15, 0.2) is 0 Å². The van der Waals surface area contributed by atoms with Crippen molar-refractivity contribution in [2.45, 2.75) is 20.3 Å². The molecule has 0 heterocycles. The summed E-state index contributed by atoms with van der Waals surface area (Å²) in [6, 6.07) is 4.88. The molecule has 1 aromatic carbocycles. The van der Waals surface area contributed by atoms with Crippen molar-refractivity contribution in [3.63, 3.8) is 0 Å². The van der Waals surface area contributed by atoms with Crippen LogP contribution in [0.25, 0.3) is 0 Å². The molecule has 0 amide bonds. The number of carboxylic acid groups (broad SMARTS) is 1. The number of aliphatic carboxylic acids is 1. The molecule has 0 fully saturated rings. The van der Waals surface area contributed by atoms with E-state index in [1.807, 2.05) is 0 Å². The zero-order valence-electron chi connectivity index (χ0n) is 10.0. The minimum Gasteiger partial charge on any atom is -0.481 e. The first kappa shape index (κ1) is 15.4. The van der Waals surface area contributed by atoms with E-state index in [4.69, 9.17) is 5.11 Å². The fraction of sp³-hybridized carbons (Fsp3) is 0.250. The number of rotatable bonds is 3. The Kier molecular flexibility index (Phi) is 7.37. The lowest BCUT2D eigenvalue weighted by Gasteiger charge is -1.97. The van der Waals surface area contributed by atoms with E-state index in [0.717, 1.165) is 5.56 Å². The predicted molar refractivity (Wildman–Crippen MR) is 64.7 cm³/mol. The van der Waals surface area contributed by atoms with E-state index < -0.39 is 5.97 Å². The van der Waals surface area contributed by atoms with Crippen molar-refractivity contribution in [3.8, 4) is 0 Å². The molecule has 0 aliphatic carbocycles. The maximum absolute atomic E-state index is 10.00. The molecule has 18 heavy (non-hydrogen) atoms. The molecule has 0 aliphatic heterocycles. The lowest BCUT2D eigenvalue weighted by molar-refractivity contribution is -0.136. The standard InChI is InChI=1S/C9H6N2O2.C3H6O2/c1-7-2-3-8(10-5-12)4-9(7)11-6-13;1-2-3(4)5/h2-4H,1H3;2H2,1H3,(H,4,5). The number of isocyanates is 2. The molecular weight excluding hydrogens is 236 g/mol. The van der Waals surface area contributed by atoms with Gasteiger partial charge in [-0.05, 0) is 24.6 Å². The molecular formula is C12H12N2O4. The fourth-order valence-corrected chi connectivity index (χ4v) is 0.890. The molecule has 1 rings (SSSR count). The molecule has 1 aromatic rings. The van der Waals surface area contributed by atoms with E-state index in [2.05, 4.69) is 9.98 Å². The van der Waals surface area contributed by atoms with Gasteiger partial charge >= 0.3 is 5.97 Å². The SMILES string of the molecule is CCC(=O)O.Cc1ccc(N=C=O)cc1N=C=O. The van der Waals surface area contributed by atoms with Crippen LogP contribution in [0.3, 0.4) is 0 Å². The minimum atomic E-state index is -0.745. The van der Waals surface area contributed by atoms with Crippen LogP contribution in [0.1, 0.15) is 18.9 Å². The van der Waals surface area contributed by atoms with E-state index in [9.17, 15) is 14.4 Å². The van der Waals surface area contributed by atoms with Gasteiger partial charge in [-0.1, -0.05) is 13.0 Å². The Morgan fingerprint density at radius 2 is 1.83 bits per heavy atom. The van der Waals surface area contributed by atoms with Crippen LogP contribution in [-0.4, -0.2) is 23.2 Å². The summed E-state index contributed by atoms with van der Waals surface area (Å²) in [5, 5.41) is 7.72. The van der Waals surface area contributed by atoms with Crippen molar-refractivity contribution in [2.75, 3.05) is 0 Å². The van der Waals surface area contributed by atoms with E-state index in [-0.39, 0.29) is 6.42 Å². The quantitative estimate of drug-likeness (QED) is 0.656. The number of aliphatic imine (C=N–C) groups is 2. The van der Waals surface area contributed by atoms with E-state index >= 15 is 0 Å². The molecule has 0 unspecified atom stereocenters. The summed E-state index contributed by atoms with van der Waals surface area (Å²) >= 11 is 0. The van der Waals surface area contributed by atoms with Gasteiger partial charge < -0.3 is 5.11 Å². The van der Waals surface area contributed by atoms with Crippen molar-refractivity contribution in [1.82, 2.24) is 0 Å². The van der Waals surface area contributed by atoms with Crippen molar-refractivity contribution in [2.24, 2.45) is 9.98 Å². The Morgan fingerprint density at radius 3 is 2.28 bits per heavy atom. The average molecular weight is 248 g/mol. The molecule has 94 valence electrons. The molecule has 0 bridgehead atoms. The maximum Gasteiger partial charge on any atom is 0.303 e. The van der Waals surface area contributed by atoms with Gasteiger partial charge in [0.05, 0.1) is 11.4 Å². The average Bonchev–Trinajstić information content (AvgIpc) is 2.35. The number of nitrogens with zero attached hydrogens (tertiary/aromatic N) is 2. The Hall–Kier alpha value is -2.55. The Labute approximate surface area is 104 Å². The third-order valence-corrected chi connectivity index (χ3v) is 1.84. The molecule has 0 saturated carbocycles. The summed E-state index contributed by atoms with van der Waals surface area (Å²) in [4.78, 5) is 36.1. The van der Waals surface area contributed by atoms with Gasteiger partial charge in [0.25, 0.3) is 0 Å². The van der Waals surface area contributed by atoms with Crippen LogP contribution in [0.2, 0.25) is 0 Å². The van der Waals surface area contributed by atoms with E-state index in [0.29, 0.717) is 11.4 Å². The minimum absolute atomic E-state index is 0.222. The summed E-state index contributed by atoms with van der Waals surface area (Å²) in [6.45, 7) is 3.40. The molecule has 0 aliphatic rings. The second-order valence-corrected chi connectivity index (χ2v) is 3.12. The Bertz CT molecular complexity index is 513. The number of hydrogen-bond donors (Lipinski definition) is 1. The zero-order chi connectivity index (χ0) is 14.0. The summed E-state index contributed by atoms with van der Waals surface area (Å²) in [5.41, 5.74) is 1.72. The molecule has 0 atom stereocenters. The highest BCUT2D eigenvalue weighted by atomic mass is 16.4. The lowest BCUT2D eigenvalue weighted by atomic mass is 10.2. The number of carbonyl (C=O) groups is 1. The maximum atomic E-state index is 10.00. The van der Waals surface area contributed by atoms with Crippen LogP contribution >= 0.6 is 0 Å². The normalized spacial score (nSPS) is 8.11. The zero-order valence-corrected chi connectivity index (χ0v) is 10.0. The number of carboxylic acids is 1. The third-order valence-electron chi connectivity index (χ3n) is 1.84. The molecule has 1 N–H and O–H groups in total. The largest absolute Gasteiger partial charge is 0.481 e. The molecule has 0 saturated heterocycles. The molecule has 0 aromatic heterocycles. The molecule has 6 nitrogen and oxygen atoms in total. The van der Waals surface area contributed by atoms with Gasteiger partial charge in [0.1, 0.15) is 0 Å². The second kappa shape index (κ2) is 8.58. The van der Waals surface area contributed by atoms with Crippen LogP contribution in [0.4, 0.5) is 11.4 Å². The van der Waals surface area contributed by atoms with Gasteiger partial charge in [-0.2, -0.15) is 9.98 Å².